The van der Waals surface area contributed by atoms with Crippen molar-refractivity contribution < 1.29 is 13.2 Å². The Morgan fingerprint density at radius 1 is 1.12 bits per heavy atom. The van der Waals surface area contributed by atoms with Gasteiger partial charge in [0.05, 0.1) is 17.8 Å². The molecule has 0 aliphatic heterocycles. The average Bonchev–Trinajstić information content (AvgIpc) is 2.80. The van der Waals surface area contributed by atoms with E-state index < -0.39 is 10.0 Å². The molecule has 0 saturated carbocycles. The first-order valence-electron chi connectivity index (χ1n) is 7.31. The Morgan fingerprint density at radius 3 is 2.50 bits per heavy atom. The van der Waals surface area contributed by atoms with Crippen LogP contribution in [0.2, 0.25) is 0 Å². The largest absolute Gasteiger partial charge is 0.491 e. The van der Waals surface area contributed by atoms with Gasteiger partial charge in [-0.3, -0.25) is 0 Å². The predicted molar refractivity (Wildman–Crippen MR) is 102 cm³/mol. The number of benzene rings is 2. The van der Waals surface area contributed by atoms with Crippen LogP contribution in [0.4, 0.5) is 0 Å². The fourth-order valence-electron chi connectivity index (χ4n) is 2.72. The van der Waals surface area contributed by atoms with E-state index in [2.05, 4.69) is 31.9 Å². The van der Waals surface area contributed by atoms with Crippen molar-refractivity contribution >= 4 is 52.8 Å². The van der Waals surface area contributed by atoms with Crippen LogP contribution in [0, 0.1) is 6.92 Å². The van der Waals surface area contributed by atoms with Gasteiger partial charge in [-0.2, -0.15) is 0 Å². The molecule has 0 saturated heterocycles. The molecule has 0 amide bonds. The molecule has 0 aliphatic carbocycles. The minimum absolute atomic E-state index is 0.218. The number of nitrogens with zero attached hydrogens (tertiary/aromatic N) is 1. The Morgan fingerprint density at radius 2 is 1.83 bits per heavy atom. The Balaban J connectivity index is 2.38. The van der Waals surface area contributed by atoms with Crippen LogP contribution in [0.5, 0.6) is 5.75 Å². The van der Waals surface area contributed by atoms with Crippen molar-refractivity contribution in [1.29, 1.82) is 0 Å². The molecular formula is C17H15Br2NO3S. The van der Waals surface area contributed by atoms with Crippen LogP contribution in [-0.4, -0.2) is 19.0 Å². The predicted octanol–water partition coefficient (Wildman–Crippen LogP) is 5.11. The topological polar surface area (TPSA) is 48.3 Å². The Hall–Kier alpha value is -1.31. The van der Waals surface area contributed by atoms with E-state index in [1.165, 1.54) is 3.97 Å². The zero-order chi connectivity index (χ0) is 17.5. The summed E-state index contributed by atoms with van der Waals surface area (Å²) in [5.41, 5.74) is 1.15. The summed E-state index contributed by atoms with van der Waals surface area (Å²) in [6.45, 7) is 4.09. The first kappa shape index (κ1) is 17.5. The maximum atomic E-state index is 13.3. The summed E-state index contributed by atoms with van der Waals surface area (Å²) in [5, 5.41) is 0.763. The normalized spacial score (nSPS) is 11.8. The van der Waals surface area contributed by atoms with Crippen LogP contribution in [0.25, 0.3) is 10.9 Å². The van der Waals surface area contributed by atoms with Gasteiger partial charge in [-0.15, -0.1) is 0 Å². The lowest BCUT2D eigenvalue weighted by Gasteiger charge is -2.11. The SMILES string of the molecule is CCOc1c(C)n(S(=O)(=O)c2ccccc2Br)c2ccc(Br)cc12. The molecule has 0 atom stereocenters. The number of ether oxygens (including phenoxy) is 1. The van der Waals surface area contributed by atoms with Crippen molar-refractivity contribution in [2.45, 2.75) is 18.7 Å². The maximum absolute atomic E-state index is 13.3. The monoisotopic (exact) mass is 471 g/mol. The molecule has 0 N–H and O–H groups in total. The number of aromatic nitrogens is 1. The number of hydrogen-bond acceptors (Lipinski definition) is 3. The summed E-state index contributed by atoms with van der Waals surface area (Å²) in [6.07, 6.45) is 0. The van der Waals surface area contributed by atoms with E-state index in [1.54, 1.807) is 37.3 Å². The highest BCUT2D eigenvalue weighted by Gasteiger charge is 2.27. The van der Waals surface area contributed by atoms with Crippen LogP contribution in [0.1, 0.15) is 12.6 Å². The smallest absolute Gasteiger partial charge is 0.269 e. The summed E-state index contributed by atoms with van der Waals surface area (Å²) in [5.74, 6) is 0.587. The quantitative estimate of drug-likeness (QED) is 0.530. The molecule has 1 heterocycles. The molecule has 7 heteroatoms. The molecule has 3 rings (SSSR count). The van der Waals surface area contributed by atoms with Crippen molar-refractivity contribution in [3.05, 3.63) is 57.1 Å². The van der Waals surface area contributed by atoms with Crippen LogP contribution < -0.4 is 4.74 Å². The van der Waals surface area contributed by atoms with E-state index in [0.717, 1.165) is 9.86 Å². The van der Waals surface area contributed by atoms with Gasteiger partial charge in [0.15, 0.2) is 0 Å². The summed E-state index contributed by atoms with van der Waals surface area (Å²) >= 11 is 6.77. The first-order valence-corrected chi connectivity index (χ1v) is 10.3. The second-order valence-corrected chi connectivity index (χ2v) is 8.73. The fraction of sp³-hybridized carbons (Fsp3) is 0.176. The van der Waals surface area contributed by atoms with E-state index in [9.17, 15) is 8.42 Å². The average molecular weight is 473 g/mol. The van der Waals surface area contributed by atoms with Gasteiger partial charge in [0.2, 0.25) is 0 Å². The lowest BCUT2D eigenvalue weighted by atomic mass is 10.2. The van der Waals surface area contributed by atoms with E-state index in [-0.39, 0.29) is 4.90 Å². The number of rotatable bonds is 4. The molecule has 0 spiro atoms. The third-order valence-corrected chi connectivity index (χ3v) is 7.01. The number of halogens is 2. The summed E-state index contributed by atoms with van der Waals surface area (Å²) in [4.78, 5) is 0.218. The van der Waals surface area contributed by atoms with Crippen molar-refractivity contribution in [3.8, 4) is 5.75 Å². The molecule has 0 aliphatic rings. The summed E-state index contributed by atoms with van der Waals surface area (Å²) in [6, 6.07) is 12.3. The van der Waals surface area contributed by atoms with Gasteiger partial charge >= 0.3 is 0 Å². The second-order valence-electron chi connectivity index (χ2n) is 5.21. The maximum Gasteiger partial charge on any atom is 0.269 e. The zero-order valence-corrected chi connectivity index (χ0v) is 17.1. The van der Waals surface area contributed by atoms with Crippen molar-refractivity contribution in [2.75, 3.05) is 6.61 Å². The Kier molecular flexibility index (Phi) is 4.77. The minimum Gasteiger partial charge on any atom is -0.491 e. The summed E-state index contributed by atoms with van der Waals surface area (Å²) < 4.78 is 35.0. The first-order chi connectivity index (χ1) is 11.4. The number of fused-ring (bicyclic) bond motifs is 1. The van der Waals surface area contributed by atoms with Gasteiger partial charge in [-0.05, 0) is 60.1 Å². The highest BCUT2D eigenvalue weighted by atomic mass is 79.9. The molecule has 0 unspecified atom stereocenters. The standard InChI is InChI=1S/C17H15Br2NO3S/c1-3-23-17-11(2)20(15-9-8-12(18)10-13(15)17)24(21,22)16-7-5-4-6-14(16)19/h4-10H,3H2,1-2H3. The van der Waals surface area contributed by atoms with E-state index in [0.29, 0.717) is 28.0 Å². The molecule has 0 radical (unpaired) electrons. The van der Waals surface area contributed by atoms with Gasteiger partial charge in [0.25, 0.3) is 10.0 Å². The van der Waals surface area contributed by atoms with E-state index in [4.69, 9.17) is 4.74 Å². The highest BCUT2D eigenvalue weighted by Crippen LogP contribution is 2.38. The third-order valence-electron chi connectivity index (χ3n) is 3.70. The minimum atomic E-state index is -3.76. The second kappa shape index (κ2) is 6.54. The molecule has 126 valence electrons. The molecule has 2 aromatic carbocycles. The molecule has 3 aromatic rings. The van der Waals surface area contributed by atoms with E-state index >= 15 is 0 Å². The molecule has 1 aromatic heterocycles. The van der Waals surface area contributed by atoms with Gasteiger partial charge in [0.1, 0.15) is 10.6 Å². The van der Waals surface area contributed by atoms with Gasteiger partial charge < -0.3 is 4.74 Å². The Bertz CT molecular complexity index is 1030. The molecular weight excluding hydrogens is 458 g/mol. The van der Waals surface area contributed by atoms with Crippen molar-refractivity contribution in [2.24, 2.45) is 0 Å². The fourth-order valence-corrected chi connectivity index (χ4v) is 5.61. The van der Waals surface area contributed by atoms with Crippen molar-refractivity contribution in [1.82, 2.24) is 3.97 Å². The third kappa shape index (κ3) is 2.78. The highest BCUT2D eigenvalue weighted by molar-refractivity contribution is 9.10. The molecule has 0 bridgehead atoms. The van der Waals surface area contributed by atoms with Crippen LogP contribution >= 0.6 is 31.9 Å². The van der Waals surface area contributed by atoms with E-state index in [1.807, 2.05) is 19.1 Å². The lowest BCUT2D eigenvalue weighted by Crippen LogP contribution is -2.15. The summed E-state index contributed by atoms with van der Waals surface area (Å²) in [7, 11) is -3.76. The van der Waals surface area contributed by atoms with Crippen LogP contribution in [0.3, 0.4) is 0 Å². The lowest BCUT2D eigenvalue weighted by molar-refractivity contribution is 0.341. The van der Waals surface area contributed by atoms with Gasteiger partial charge in [-0.25, -0.2) is 12.4 Å². The zero-order valence-electron chi connectivity index (χ0n) is 13.1. The van der Waals surface area contributed by atoms with Crippen LogP contribution in [0.15, 0.2) is 56.3 Å². The number of hydrogen-bond donors (Lipinski definition) is 0. The molecule has 4 nitrogen and oxygen atoms in total. The van der Waals surface area contributed by atoms with Gasteiger partial charge in [-0.1, -0.05) is 28.1 Å². The van der Waals surface area contributed by atoms with Crippen molar-refractivity contribution in [3.63, 3.8) is 0 Å². The Labute approximate surface area is 157 Å². The molecule has 0 fully saturated rings. The molecule has 24 heavy (non-hydrogen) atoms. The van der Waals surface area contributed by atoms with Crippen LogP contribution in [-0.2, 0) is 10.0 Å². The van der Waals surface area contributed by atoms with Gasteiger partial charge in [0, 0.05) is 14.3 Å².